The van der Waals surface area contributed by atoms with E-state index in [4.69, 9.17) is 5.73 Å². The minimum absolute atomic E-state index is 0.448. The summed E-state index contributed by atoms with van der Waals surface area (Å²) in [6.07, 6.45) is 1.11. The van der Waals surface area contributed by atoms with Crippen LogP contribution in [0.3, 0.4) is 0 Å². The van der Waals surface area contributed by atoms with Crippen LogP contribution in [0.25, 0.3) is 22.0 Å². The molecule has 7 heteroatoms. The number of nitrogens with zero attached hydrogens (tertiary/aromatic N) is 4. The SMILES string of the molecule is Cc1ccccc1-c1cc2cc(Nc3cc([C@H](C)O)n(C)n3)ncc2c(N)n1. The summed E-state index contributed by atoms with van der Waals surface area (Å²) in [7, 11) is 1.79. The number of aliphatic hydroxyl groups is 1. The molecule has 0 saturated carbocycles. The zero-order valence-corrected chi connectivity index (χ0v) is 16.0. The highest BCUT2D eigenvalue weighted by Crippen LogP contribution is 2.29. The Morgan fingerprint density at radius 3 is 2.64 bits per heavy atom. The minimum Gasteiger partial charge on any atom is -0.387 e. The fourth-order valence-corrected chi connectivity index (χ4v) is 3.31. The van der Waals surface area contributed by atoms with Crippen LogP contribution < -0.4 is 11.1 Å². The van der Waals surface area contributed by atoms with Gasteiger partial charge in [0.2, 0.25) is 0 Å². The molecule has 0 fully saturated rings. The average molecular weight is 374 g/mol. The third-order valence-corrected chi connectivity index (χ3v) is 4.77. The molecule has 0 unspecified atom stereocenters. The Bertz CT molecular complexity index is 1160. The first-order chi connectivity index (χ1) is 13.4. The molecule has 28 heavy (non-hydrogen) atoms. The van der Waals surface area contributed by atoms with Crippen molar-refractivity contribution < 1.29 is 5.11 Å². The summed E-state index contributed by atoms with van der Waals surface area (Å²) in [6, 6.07) is 13.8. The van der Waals surface area contributed by atoms with Crippen LogP contribution in [0.5, 0.6) is 0 Å². The van der Waals surface area contributed by atoms with Crippen LogP contribution in [0.2, 0.25) is 0 Å². The summed E-state index contributed by atoms with van der Waals surface area (Å²) in [5, 5.41) is 19.1. The van der Waals surface area contributed by atoms with Crippen LogP contribution in [0.4, 0.5) is 17.5 Å². The normalized spacial score (nSPS) is 12.3. The van der Waals surface area contributed by atoms with Crippen molar-refractivity contribution in [3.63, 3.8) is 0 Å². The molecule has 0 amide bonds. The summed E-state index contributed by atoms with van der Waals surface area (Å²) in [4.78, 5) is 8.98. The van der Waals surface area contributed by atoms with E-state index in [0.29, 0.717) is 17.5 Å². The Morgan fingerprint density at radius 2 is 1.93 bits per heavy atom. The summed E-state index contributed by atoms with van der Waals surface area (Å²) < 4.78 is 1.65. The van der Waals surface area contributed by atoms with Crippen molar-refractivity contribution in [1.82, 2.24) is 19.7 Å². The number of nitrogens with two attached hydrogens (primary N) is 1. The van der Waals surface area contributed by atoms with Crippen LogP contribution in [0.15, 0.2) is 48.7 Å². The van der Waals surface area contributed by atoms with Crippen molar-refractivity contribution in [3.05, 3.63) is 59.9 Å². The molecule has 1 atom stereocenters. The van der Waals surface area contributed by atoms with Crippen molar-refractivity contribution in [2.24, 2.45) is 7.05 Å². The number of hydrogen-bond donors (Lipinski definition) is 3. The van der Waals surface area contributed by atoms with Gasteiger partial charge in [0, 0.05) is 30.3 Å². The molecule has 4 rings (SSSR count). The van der Waals surface area contributed by atoms with Gasteiger partial charge in [0.05, 0.1) is 17.5 Å². The molecule has 0 aliphatic rings. The lowest BCUT2D eigenvalue weighted by atomic mass is 10.0. The highest BCUT2D eigenvalue weighted by Gasteiger charge is 2.12. The summed E-state index contributed by atoms with van der Waals surface area (Å²) in [5.74, 6) is 1.71. The molecular weight excluding hydrogens is 352 g/mol. The molecule has 0 saturated heterocycles. The van der Waals surface area contributed by atoms with E-state index in [1.165, 1.54) is 0 Å². The fourth-order valence-electron chi connectivity index (χ4n) is 3.31. The van der Waals surface area contributed by atoms with Crippen molar-refractivity contribution in [2.45, 2.75) is 20.0 Å². The molecule has 4 aromatic rings. The van der Waals surface area contributed by atoms with Crippen LogP contribution in [-0.2, 0) is 7.05 Å². The maximum absolute atomic E-state index is 9.79. The van der Waals surface area contributed by atoms with Gasteiger partial charge in [0.1, 0.15) is 11.6 Å². The standard InChI is InChI=1S/C21H22N6O/c1-12-6-4-5-7-15(12)17-8-14-9-19(23-11-16(14)21(22)24-17)25-20-10-18(13(2)28)27(3)26-20/h4-11,13,28H,1-3H3,(H2,22,24)(H,23,25,26)/t13-/m0/s1. The highest BCUT2D eigenvalue weighted by molar-refractivity contribution is 5.94. The van der Waals surface area contributed by atoms with E-state index in [1.807, 2.05) is 30.3 Å². The van der Waals surface area contributed by atoms with Gasteiger partial charge in [0.15, 0.2) is 5.82 Å². The summed E-state index contributed by atoms with van der Waals surface area (Å²) in [6.45, 7) is 3.76. The van der Waals surface area contributed by atoms with Crippen LogP contribution >= 0.6 is 0 Å². The van der Waals surface area contributed by atoms with Crippen LogP contribution in [0.1, 0.15) is 24.3 Å². The highest BCUT2D eigenvalue weighted by atomic mass is 16.3. The van der Waals surface area contributed by atoms with Gasteiger partial charge >= 0.3 is 0 Å². The molecular formula is C21H22N6O. The fraction of sp³-hybridized carbons (Fsp3) is 0.190. The summed E-state index contributed by atoms with van der Waals surface area (Å²) in [5.41, 5.74) is 9.93. The van der Waals surface area contributed by atoms with Gasteiger partial charge in [-0.1, -0.05) is 24.3 Å². The van der Waals surface area contributed by atoms with Gasteiger partial charge < -0.3 is 16.2 Å². The number of rotatable bonds is 4. The first kappa shape index (κ1) is 17.9. The third kappa shape index (κ3) is 3.27. The predicted molar refractivity (Wildman–Crippen MR) is 111 cm³/mol. The number of fused-ring (bicyclic) bond motifs is 1. The maximum atomic E-state index is 9.79. The zero-order chi connectivity index (χ0) is 19.8. The van der Waals surface area contributed by atoms with Crippen molar-refractivity contribution in [2.75, 3.05) is 11.1 Å². The minimum atomic E-state index is -0.597. The second kappa shape index (κ2) is 6.94. The monoisotopic (exact) mass is 374 g/mol. The first-order valence-electron chi connectivity index (χ1n) is 9.03. The Morgan fingerprint density at radius 1 is 1.14 bits per heavy atom. The van der Waals surface area contributed by atoms with E-state index in [-0.39, 0.29) is 0 Å². The lowest BCUT2D eigenvalue weighted by Gasteiger charge is -2.10. The Kier molecular flexibility index (Phi) is 4.44. The zero-order valence-electron chi connectivity index (χ0n) is 16.0. The lowest BCUT2D eigenvalue weighted by molar-refractivity contribution is 0.189. The quantitative estimate of drug-likeness (QED) is 0.503. The van der Waals surface area contributed by atoms with E-state index in [2.05, 4.69) is 33.4 Å². The number of aromatic nitrogens is 4. The second-order valence-corrected chi connectivity index (χ2v) is 6.88. The molecule has 7 nitrogen and oxygen atoms in total. The van der Waals surface area contributed by atoms with Crippen molar-refractivity contribution >= 4 is 28.2 Å². The Balaban J connectivity index is 1.74. The van der Waals surface area contributed by atoms with E-state index in [9.17, 15) is 5.11 Å². The van der Waals surface area contributed by atoms with Gasteiger partial charge in [-0.15, -0.1) is 0 Å². The van der Waals surface area contributed by atoms with Crippen molar-refractivity contribution in [3.8, 4) is 11.3 Å². The molecule has 0 bridgehead atoms. The molecule has 3 heterocycles. The number of hydrogen-bond acceptors (Lipinski definition) is 6. The Hall–Kier alpha value is -3.45. The van der Waals surface area contributed by atoms with Gasteiger partial charge in [-0.25, -0.2) is 9.97 Å². The smallest absolute Gasteiger partial charge is 0.153 e. The number of aliphatic hydroxyl groups excluding tert-OH is 1. The average Bonchev–Trinajstić information content (AvgIpc) is 3.02. The molecule has 0 radical (unpaired) electrons. The molecule has 142 valence electrons. The summed E-state index contributed by atoms with van der Waals surface area (Å²) >= 11 is 0. The molecule has 0 spiro atoms. The number of nitrogens with one attached hydrogen (secondary N) is 1. The largest absolute Gasteiger partial charge is 0.387 e. The number of anilines is 3. The predicted octanol–water partition coefficient (Wildman–Crippen LogP) is 3.72. The maximum Gasteiger partial charge on any atom is 0.153 e. The molecule has 1 aromatic carbocycles. The number of benzene rings is 1. The van der Waals surface area contributed by atoms with Crippen molar-refractivity contribution in [1.29, 1.82) is 0 Å². The van der Waals surface area contributed by atoms with E-state index < -0.39 is 6.10 Å². The number of nitrogen functional groups attached to an aromatic ring is 1. The first-order valence-corrected chi connectivity index (χ1v) is 9.03. The van der Waals surface area contributed by atoms with E-state index in [0.717, 1.165) is 33.3 Å². The van der Waals surface area contributed by atoms with Crippen LogP contribution in [0, 0.1) is 6.92 Å². The molecule has 4 N–H and O–H groups in total. The third-order valence-electron chi connectivity index (χ3n) is 4.77. The van der Waals surface area contributed by atoms with Gasteiger partial charge in [0.25, 0.3) is 0 Å². The van der Waals surface area contributed by atoms with Gasteiger partial charge in [-0.3, -0.25) is 4.68 Å². The lowest BCUT2D eigenvalue weighted by Crippen LogP contribution is -2.01. The molecule has 0 aliphatic heterocycles. The number of pyridine rings is 2. The van der Waals surface area contributed by atoms with Gasteiger partial charge in [-0.2, -0.15) is 5.10 Å². The van der Waals surface area contributed by atoms with Gasteiger partial charge in [-0.05, 0) is 36.9 Å². The second-order valence-electron chi connectivity index (χ2n) is 6.88. The number of aryl methyl sites for hydroxylation is 2. The Labute approximate surface area is 162 Å². The topological polar surface area (TPSA) is 102 Å². The molecule has 0 aliphatic carbocycles. The van der Waals surface area contributed by atoms with Crippen LogP contribution in [-0.4, -0.2) is 24.9 Å². The molecule has 3 aromatic heterocycles. The van der Waals surface area contributed by atoms with E-state index >= 15 is 0 Å². The van der Waals surface area contributed by atoms with E-state index in [1.54, 1.807) is 30.9 Å².